The fourth-order valence-electron chi connectivity index (χ4n) is 2.08. The number of allylic oxidation sites excluding steroid dienone is 1. The van der Waals surface area contributed by atoms with E-state index in [1.165, 1.54) is 37.2 Å². The first-order valence-corrected chi connectivity index (χ1v) is 6.29. The highest BCUT2D eigenvalue weighted by Gasteiger charge is 2.11. The lowest BCUT2D eigenvalue weighted by atomic mass is 10.1. The Labute approximate surface area is 98.8 Å². The number of hydrogen-bond acceptors (Lipinski definition) is 1. The summed E-state index contributed by atoms with van der Waals surface area (Å²) in [6.07, 6.45) is 7.13. The molecule has 1 fully saturated rings. The summed E-state index contributed by atoms with van der Waals surface area (Å²) >= 11 is 0. The predicted octanol–water partition coefficient (Wildman–Crippen LogP) is 3.96. The van der Waals surface area contributed by atoms with Gasteiger partial charge in [-0.1, -0.05) is 38.1 Å². The van der Waals surface area contributed by atoms with Gasteiger partial charge in [-0.25, -0.2) is 0 Å². The Bertz CT molecular complexity index is 342. The largest absolute Gasteiger partial charge is 0.372 e. The highest BCUT2D eigenvalue weighted by molar-refractivity contribution is 5.56. The second-order valence-corrected chi connectivity index (χ2v) is 4.89. The summed E-state index contributed by atoms with van der Waals surface area (Å²) in [5.41, 5.74) is 2.68. The number of hydrogen-bond donors (Lipinski definition) is 0. The minimum atomic E-state index is 0.623. The van der Waals surface area contributed by atoms with Crippen LogP contribution in [0.1, 0.15) is 32.3 Å². The molecule has 0 N–H and O–H groups in total. The number of nitrogens with zero attached hydrogens (tertiary/aromatic N) is 1. The molecule has 1 nitrogen and oxygen atoms in total. The molecule has 0 bridgehead atoms. The number of rotatable bonds is 3. The van der Waals surface area contributed by atoms with Crippen molar-refractivity contribution in [3.05, 3.63) is 35.9 Å². The minimum absolute atomic E-state index is 0.623. The highest BCUT2D eigenvalue weighted by atomic mass is 15.1. The van der Waals surface area contributed by atoms with Gasteiger partial charge in [-0.2, -0.15) is 0 Å². The second kappa shape index (κ2) is 5.20. The maximum atomic E-state index is 2.47. The van der Waals surface area contributed by atoms with Crippen molar-refractivity contribution in [3.63, 3.8) is 0 Å². The topological polar surface area (TPSA) is 3.24 Å². The molecule has 1 heteroatoms. The van der Waals surface area contributed by atoms with Crippen LogP contribution in [0, 0.1) is 5.92 Å². The molecular formula is C15H21N. The maximum absolute atomic E-state index is 2.47. The van der Waals surface area contributed by atoms with Crippen molar-refractivity contribution in [2.45, 2.75) is 26.7 Å². The molecule has 0 aliphatic carbocycles. The van der Waals surface area contributed by atoms with E-state index in [-0.39, 0.29) is 0 Å². The molecule has 16 heavy (non-hydrogen) atoms. The van der Waals surface area contributed by atoms with Crippen LogP contribution >= 0.6 is 0 Å². The van der Waals surface area contributed by atoms with E-state index in [0.29, 0.717) is 5.92 Å². The first kappa shape index (κ1) is 11.3. The molecule has 1 aromatic rings. The minimum Gasteiger partial charge on any atom is -0.372 e. The van der Waals surface area contributed by atoms with Crippen LogP contribution in [0.25, 0.3) is 6.08 Å². The van der Waals surface area contributed by atoms with Gasteiger partial charge in [0.15, 0.2) is 0 Å². The van der Waals surface area contributed by atoms with Crippen LogP contribution in [0.15, 0.2) is 30.3 Å². The van der Waals surface area contributed by atoms with Gasteiger partial charge in [-0.3, -0.25) is 0 Å². The van der Waals surface area contributed by atoms with Gasteiger partial charge in [0.1, 0.15) is 0 Å². The molecule has 1 aromatic carbocycles. The van der Waals surface area contributed by atoms with Gasteiger partial charge in [0.25, 0.3) is 0 Å². The molecule has 1 heterocycles. The van der Waals surface area contributed by atoms with Crippen molar-refractivity contribution in [3.8, 4) is 0 Å². The van der Waals surface area contributed by atoms with Crippen LogP contribution < -0.4 is 4.90 Å². The van der Waals surface area contributed by atoms with Crippen LogP contribution in [0.2, 0.25) is 0 Å². The summed E-state index contributed by atoms with van der Waals surface area (Å²) in [5.74, 6) is 0.623. The van der Waals surface area contributed by atoms with E-state index in [1.807, 2.05) is 0 Å². The predicted molar refractivity (Wildman–Crippen MR) is 71.8 cm³/mol. The zero-order valence-corrected chi connectivity index (χ0v) is 10.3. The third-order valence-corrected chi connectivity index (χ3v) is 3.04. The Kier molecular flexibility index (Phi) is 3.66. The lowest BCUT2D eigenvalue weighted by Gasteiger charge is -2.17. The van der Waals surface area contributed by atoms with E-state index in [9.17, 15) is 0 Å². The summed E-state index contributed by atoms with van der Waals surface area (Å²) in [7, 11) is 0. The van der Waals surface area contributed by atoms with Gasteiger partial charge in [-0.15, -0.1) is 0 Å². The quantitative estimate of drug-likeness (QED) is 0.737. The maximum Gasteiger partial charge on any atom is 0.0366 e. The molecule has 1 aliphatic rings. The Morgan fingerprint density at radius 2 is 1.69 bits per heavy atom. The molecule has 0 unspecified atom stereocenters. The molecule has 0 radical (unpaired) electrons. The molecule has 0 amide bonds. The van der Waals surface area contributed by atoms with Crippen molar-refractivity contribution >= 4 is 11.8 Å². The van der Waals surface area contributed by atoms with Crippen molar-refractivity contribution < 1.29 is 0 Å². The average Bonchev–Trinajstić information content (AvgIpc) is 2.80. The van der Waals surface area contributed by atoms with Crippen LogP contribution in [0.4, 0.5) is 5.69 Å². The van der Waals surface area contributed by atoms with Crippen molar-refractivity contribution in [2.24, 2.45) is 5.92 Å². The monoisotopic (exact) mass is 215 g/mol. The van der Waals surface area contributed by atoms with E-state index < -0.39 is 0 Å². The summed E-state index contributed by atoms with van der Waals surface area (Å²) in [4.78, 5) is 2.47. The second-order valence-electron chi connectivity index (χ2n) is 4.89. The lowest BCUT2D eigenvalue weighted by Crippen LogP contribution is -2.17. The molecule has 0 atom stereocenters. The Morgan fingerprint density at radius 1 is 1.06 bits per heavy atom. The third kappa shape index (κ3) is 2.88. The first-order valence-electron chi connectivity index (χ1n) is 6.29. The zero-order chi connectivity index (χ0) is 11.4. The van der Waals surface area contributed by atoms with Crippen molar-refractivity contribution in [1.82, 2.24) is 0 Å². The molecule has 86 valence electrons. The lowest BCUT2D eigenvalue weighted by molar-refractivity contribution is 0.836. The molecule has 0 aromatic heterocycles. The van der Waals surface area contributed by atoms with Gasteiger partial charge < -0.3 is 4.90 Å². The summed E-state index contributed by atoms with van der Waals surface area (Å²) < 4.78 is 0. The van der Waals surface area contributed by atoms with E-state index in [1.54, 1.807) is 0 Å². The van der Waals surface area contributed by atoms with Crippen LogP contribution in [0.3, 0.4) is 0 Å². The zero-order valence-electron chi connectivity index (χ0n) is 10.3. The summed E-state index contributed by atoms with van der Waals surface area (Å²) in [5, 5.41) is 0. The molecule has 0 spiro atoms. The molecule has 2 rings (SSSR count). The smallest absolute Gasteiger partial charge is 0.0366 e. The average molecular weight is 215 g/mol. The van der Waals surface area contributed by atoms with E-state index in [4.69, 9.17) is 0 Å². The Balaban J connectivity index is 2.04. The number of anilines is 1. The van der Waals surface area contributed by atoms with Crippen LogP contribution in [0.5, 0.6) is 0 Å². The number of benzene rings is 1. The van der Waals surface area contributed by atoms with Gasteiger partial charge in [0.05, 0.1) is 0 Å². The molecule has 1 saturated heterocycles. The molecular weight excluding hydrogens is 194 g/mol. The summed E-state index contributed by atoms with van der Waals surface area (Å²) in [6.45, 7) is 6.85. The fraction of sp³-hybridized carbons (Fsp3) is 0.467. The van der Waals surface area contributed by atoms with Crippen molar-refractivity contribution in [2.75, 3.05) is 18.0 Å². The van der Waals surface area contributed by atoms with Gasteiger partial charge in [0.2, 0.25) is 0 Å². The summed E-state index contributed by atoms with van der Waals surface area (Å²) in [6, 6.07) is 8.91. The normalized spacial score (nSPS) is 16.6. The van der Waals surface area contributed by atoms with Crippen molar-refractivity contribution in [1.29, 1.82) is 0 Å². The fourth-order valence-corrected chi connectivity index (χ4v) is 2.08. The van der Waals surface area contributed by atoms with Crippen LogP contribution in [-0.2, 0) is 0 Å². The SMILES string of the molecule is CC(C)/C=C/c1ccc(N2CCCC2)cc1. The van der Waals surface area contributed by atoms with Gasteiger partial charge >= 0.3 is 0 Å². The van der Waals surface area contributed by atoms with Gasteiger partial charge in [-0.05, 0) is 36.5 Å². The van der Waals surface area contributed by atoms with E-state index in [0.717, 1.165) is 0 Å². The first-order chi connectivity index (χ1) is 7.75. The van der Waals surface area contributed by atoms with Crippen LogP contribution in [-0.4, -0.2) is 13.1 Å². The Hall–Kier alpha value is -1.24. The van der Waals surface area contributed by atoms with E-state index >= 15 is 0 Å². The third-order valence-electron chi connectivity index (χ3n) is 3.04. The Morgan fingerprint density at radius 3 is 2.25 bits per heavy atom. The van der Waals surface area contributed by atoms with E-state index in [2.05, 4.69) is 55.2 Å². The molecule has 1 aliphatic heterocycles. The molecule has 0 saturated carbocycles. The highest BCUT2D eigenvalue weighted by Crippen LogP contribution is 2.20. The van der Waals surface area contributed by atoms with Gasteiger partial charge in [0, 0.05) is 18.8 Å². The standard InChI is InChI=1S/C15H21N/c1-13(2)5-6-14-7-9-15(10-8-14)16-11-3-4-12-16/h5-10,13H,3-4,11-12H2,1-2H3/b6-5+.